The Balaban J connectivity index is 2.27. The lowest BCUT2D eigenvalue weighted by atomic mass is 9.55. The number of carbonyl (C=O) groups is 1. The van der Waals surface area contributed by atoms with Crippen LogP contribution in [-0.4, -0.2) is 5.78 Å². The van der Waals surface area contributed by atoms with Crippen molar-refractivity contribution in [3.05, 3.63) is 24.3 Å². The molecule has 0 N–H and O–H groups in total. The summed E-state index contributed by atoms with van der Waals surface area (Å²) in [6.45, 7) is 10.9. The van der Waals surface area contributed by atoms with Crippen molar-refractivity contribution in [2.24, 2.45) is 23.2 Å². The smallest absolute Gasteiger partial charge is 0.155 e. The molecule has 2 aliphatic carbocycles. The monoisotopic (exact) mass is 218 g/mol. The van der Waals surface area contributed by atoms with Crippen molar-refractivity contribution in [1.82, 2.24) is 0 Å². The first-order valence-electron chi connectivity index (χ1n) is 6.31. The topological polar surface area (TPSA) is 17.1 Å². The van der Waals surface area contributed by atoms with E-state index in [-0.39, 0.29) is 5.41 Å². The Morgan fingerprint density at radius 3 is 2.81 bits per heavy atom. The molecule has 2 aliphatic rings. The first kappa shape index (κ1) is 11.6. The van der Waals surface area contributed by atoms with Gasteiger partial charge in [-0.05, 0) is 49.0 Å². The van der Waals surface area contributed by atoms with E-state index in [2.05, 4.69) is 33.4 Å². The van der Waals surface area contributed by atoms with Gasteiger partial charge in [-0.25, -0.2) is 0 Å². The lowest BCUT2D eigenvalue weighted by molar-refractivity contribution is -0.118. The molecule has 1 heteroatoms. The van der Waals surface area contributed by atoms with Gasteiger partial charge in [0.15, 0.2) is 5.78 Å². The van der Waals surface area contributed by atoms with Crippen LogP contribution >= 0.6 is 0 Å². The Hall–Kier alpha value is -0.850. The fraction of sp³-hybridized carbons (Fsp3) is 0.667. The number of hydrogen-bond donors (Lipinski definition) is 0. The van der Waals surface area contributed by atoms with E-state index in [9.17, 15) is 4.79 Å². The average molecular weight is 218 g/mol. The highest BCUT2D eigenvalue weighted by Crippen LogP contribution is 2.52. The molecular weight excluding hydrogens is 196 g/mol. The molecule has 0 heterocycles. The maximum Gasteiger partial charge on any atom is 0.155 e. The van der Waals surface area contributed by atoms with Crippen LogP contribution in [0.4, 0.5) is 0 Å². The quantitative estimate of drug-likeness (QED) is 0.612. The number of rotatable bonds is 1. The zero-order valence-corrected chi connectivity index (χ0v) is 10.6. The van der Waals surface area contributed by atoms with Crippen LogP contribution in [0, 0.1) is 23.2 Å². The van der Waals surface area contributed by atoms with Crippen LogP contribution in [-0.2, 0) is 4.79 Å². The molecule has 0 spiro atoms. The average Bonchev–Trinajstić information content (AvgIpc) is 2.21. The van der Waals surface area contributed by atoms with Gasteiger partial charge in [0.05, 0.1) is 0 Å². The maximum absolute atomic E-state index is 11.5. The second-order valence-electron chi connectivity index (χ2n) is 5.98. The van der Waals surface area contributed by atoms with Crippen LogP contribution in [0.2, 0.25) is 0 Å². The molecule has 88 valence electrons. The third-order valence-electron chi connectivity index (χ3n) is 4.92. The number of allylic oxidation sites excluding steroid dienone is 3. The molecule has 4 atom stereocenters. The Morgan fingerprint density at radius 1 is 1.50 bits per heavy atom. The molecule has 1 nitrogen and oxygen atoms in total. The summed E-state index contributed by atoms with van der Waals surface area (Å²) in [6, 6.07) is 0. The Bertz CT molecular complexity index is 352. The summed E-state index contributed by atoms with van der Waals surface area (Å²) in [7, 11) is 0. The lowest BCUT2D eigenvalue weighted by Crippen LogP contribution is -2.42. The van der Waals surface area contributed by atoms with E-state index in [1.807, 2.05) is 0 Å². The predicted molar refractivity (Wildman–Crippen MR) is 67.1 cm³/mol. The molecule has 0 aromatic rings. The molecular formula is C15H22O. The highest BCUT2D eigenvalue weighted by atomic mass is 16.1. The number of ketones is 1. The third kappa shape index (κ3) is 1.77. The van der Waals surface area contributed by atoms with Crippen molar-refractivity contribution in [2.75, 3.05) is 0 Å². The molecule has 1 fully saturated rings. The summed E-state index contributed by atoms with van der Waals surface area (Å²) in [5, 5.41) is 0. The SMILES string of the molecule is C=C(C)[C@H]1C[C@@H]2CC(=O)C=C[C@]2(C)[C@@H](C)C1. The van der Waals surface area contributed by atoms with Crippen molar-refractivity contribution in [1.29, 1.82) is 0 Å². The molecule has 0 aromatic heterocycles. The summed E-state index contributed by atoms with van der Waals surface area (Å²) in [6.07, 6.45) is 7.07. The van der Waals surface area contributed by atoms with Gasteiger partial charge in [-0.1, -0.05) is 32.1 Å². The summed E-state index contributed by atoms with van der Waals surface area (Å²) in [4.78, 5) is 11.5. The van der Waals surface area contributed by atoms with E-state index in [1.165, 1.54) is 12.0 Å². The van der Waals surface area contributed by atoms with Gasteiger partial charge >= 0.3 is 0 Å². The minimum atomic E-state index is 0.236. The van der Waals surface area contributed by atoms with Crippen LogP contribution in [0.5, 0.6) is 0 Å². The van der Waals surface area contributed by atoms with Crippen LogP contribution in [0.25, 0.3) is 0 Å². The second kappa shape index (κ2) is 3.87. The summed E-state index contributed by atoms with van der Waals surface area (Å²) in [5.74, 6) is 2.09. The largest absolute Gasteiger partial charge is 0.295 e. The van der Waals surface area contributed by atoms with Crippen LogP contribution in [0.15, 0.2) is 24.3 Å². The highest BCUT2D eigenvalue weighted by molar-refractivity contribution is 5.91. The van der Waals surface area contributed by atoms with Gasteiger partial charge in [0.25, 0.3) is 0 Å². The fourth-order valence-corrected chi connectivity index (χ4v) is 3.37. The molecule has 2 rings (SSSR count). The van der Waals surface area contributed by atoms with E-state index in [0.717, 1.165) is 12.8 Å². The molecule has 1 saturated carbocycles. The van der Waals surface area contributed by atoms with Gasteiger partial charge in [-0.2, -0.15) is 0 Å². The van der Waals surface area contributed by atoms with Crippen LogP contribution < -0.4 is 0 Å². The highest BCUT2D eigenvalue weighted by Gasteiger charge is 2.45. The Kier molecular flexibility index (Phi) is 2.81. The zero-order valence-electron chi connectivity index (χ0n) is 10.6. The minimum absolute atomic E-state index is 0.236. The zero-order chi connectivity index (χ0) is 11.9. The molecule has 0 amide bonds. The number of hydrogen-bond acceptors (Lipinski definition) is 1. The maximum atomic E-state index is 11.5. The van der Waals surface area contributed by atoms with Gasteiger partial charge in [-0.15, -0.1) is 0 Å². The third-order valence-corrected chi connectivity index (χ3v) is 4.92. The molecule has 16 heavy (non-hydrogen) atoms. The van der Waals surface area contributed by atoms with Gasteiger partial charge in [0.2, 0.25) is 0 Å². The van der Waals surface area contributed by atoms with Gasteiger partial charge in [-0.3, -0.25) is 4.79 Å². The normalized spacial score (nSPS) is 42.9. The van der Waals surface area contributed by atoms with E-state index in [0.29, 0.717) is 23.5 Å². The molecule has 0 unspecified atom stereocenters. The van der Waals surface area contributed by atoms with Crippen molar-refractivity contribution in [3.8, 4) is 0 Å². The standard InChI is InChI=1S/C15H22O/c1-10(2)12-7-11(3)15(4)6-5-14(16)9-13(15)8-12/h5-6,11-13H,1,7-9H2,2-4H3/t11-,12+,13+,15+/m0/s1. The van der Waals surface area contributed by atoms with Crippen molar-refractivity contribution >= 4 is 5.78 Å². The molecule has 0 radical (unpaired) electrons. The van der Waals surface area contributed by atoms with E-state index in [1.54, 1.807) is 6.08 Å². The van der Waals surface area contributed by atoms with Gasteiger partial charge in [0.1, 0.15) is 0 Å². The van der Waals surface area contributed by atoms with E-state index >= 15 is 0 Å². The summed E-state index contributed by atoms with van der Waals surface area (Å²) < 4.78 is 0. The lowest BCUT2D eigenvalue weighted by Gasteiger charge is -2.49. The van der Waals surface area contributed by atoms with E-state index in [4.69, 9.17) is 0 Å². The minimum Gasteiger partial charge on any atom is -0.295 e. The second-order valence-corrected chi connectivity index (χ2v) is 5.98. The van der Waals surface area contributed by atoms with Crippen LogP contribution in [0.3, 0.4) is 0 Å². The van der Waals surface area contributed by atoms with Gasteiger partial charge < -0.3 is 0 Å². The number of fused-ring (bicyclic) bond motifs is 1. The van der Waals surface area contributed by atoms with Crippen molar-refractivity contribution in [2.45, 2.75) is 40.0 Å². The first-order chi connectivity index (χ1) is 7.43. The molecule has 0 bridgehead atoms. The molecule has 0 saturated heterocycles. The fourth-order valence-electron chi connectivity index (χ4n) is 3.37. The first-order valence-corrected chi connectivity index (χ1v) is 6.31. The predicted octanol–water partition coefficient (Wildman–Crippen LogP) is 3.76. The van der Waals surface area contributed by atoms with Gasteiger partial charge in [0, 0.05) is 6.42 Å². The molecule has 0 aromatic carbocycles. The summed E-state index contributed by atoms with van der Waals surface area (Å²) in [5.41, 5.74) is 1.52. The number of carbonyl (C=O) groups excluding carboxylic acids is 1. The van der Waals surface area contributed by atoms with E-state index < -0.39 is 0 Å². The molecule has 0 aliphatic heterocycles. The summed E-state index contributed by atoms with van der Waals surface area (Å²) >= 11 is 0. The Morgan fingerprint density at radius 2 is 2.19 bits per heavy atom. The van der Waals surface area contributed by atoms with Crippen LogP contribution in [0.1, 0.15) is 40.0 Å². The van der Waals surface area contributed by atoms with Crippen molar-refractivity contribution < 1.29 is 4.79 Å². The van der Waals surface area contributed by atoms with Crippen molar-refractivity contribution in [3.63, 3.8) is 0 Å². The Labute approximate surface area is 98.6 Å².